The van der Waals surface area contributed by atoms with Gasteiger partial charge in [-0.15, -0.1) is 0 Å². The lowest BCUT2D eigenvalue weighted by atomic mass is 10.1. The largest absolute Gasteiger partial charge is 0.491 e. The zero-order chi connectivity index (χ0) is 21.8. The fourth-order valence-corrected chi connectivity index (χ4v) is 4.06. The molecule has 1 aromatic heterocycles. The Labute approximate surface area is 182 Å². The Kier molecular flexibility index (Phi) is 6.59. The molecule has 1 aliphatic rings. The molecular weight excluding hydrogens is 394 g/mol. The minimum absolute atomic E-state index is 0.142. The van der Waals surface area contributed by atoms with Crippen molar-refractivity contribution in [3.8, 4) is 17.2 Å². The lowest BCUT2D eigenvalue weighted by molar-refractivity contribution is 0.0617. The van der Waals surface area contributed by atoms with Crippen LogP contribution in [0.3, 0.4) is 0 Å². The van der Waals surface area contributed by atoms with Crippen LogP contribution in [0.4, 0.5) is 0 Å². The number of aliphatic hydroxyl groups excluding tert-OH is 1. The molecule has 2 aromatic carbocycles. The highest BCUT2D eigenvalue weighted by atomic mass is 16.5. The number of nitrogens with zero attached hydrogens (tertiary/aromatic N) is 1. The Morgan fingerprint density at radius 1 is 1.03 bits per heavy atom. The van der Waals surface area contributed by atoms with Crippen molar-refractivity contribution in [2.45, 2.75) is 39.2 Å². The van der Waals surface area contributed by atoms with Crippen molar-refractivity contribution in [1.82, 2.24) is 4.90 Å². The number of hydrogen-bond acceptors (Lipinski definition) is 6. The molecule has 1 aliphatic heterocycles. The van der Waals surface area contributed by atoms with E-state index in [4.69, 9.17) is 13.9 Å². The summed E-state index contributed by atoms with van der Waals surface area (Å²) in [4.78, 5) is 15.1. The van der Waals surface area contributed by atoms with E-state index in [1.54, 1.807) is 18.2 Å². The highest BCUT2D eigenvalue weighted by Crippen LogP contribution is 2.25. The minimum atomic E-state index is -0.561. The summed E-state index contributed by atoms with van der Waals surface area (Å²) in [5.74, 6) is 1.30. The quantitative estimate of drug-likeness (QED) is 0.606. The molecular formula is C25H29NO5. The van der Waals surface area contributed by atoms with Gasteiger partial charge in [-0.3, -0.25) is 4.79 Å². The Bertz CT molecular complexity index is 1080. The first-order valence-electron chi connectivity index (χ1n) is 10.8. The lowest BCUT2D eigenvalue weighted by Crippen LogP contribution is -2.38. The van der Waals surface area contributed by atoms with Crippen molar-refractivity contribution in [3.05, 3.63) is 64.0 Å². The number of aryl methyl sites for hydroxylation is 2. The molecule has 1 N–H and O–H groups in total. The second-order valence-electron chi connectivity index (χ2n) is 8.34. The third-order valence-corrected chi connectivity index (χ3v) is 5.50. The number of benzene rings is 2. The first kappa shape index (κ1) is 21.4. The molecule has 4 rings (SSSR count). The topological polar surface area (TPSA) is 72.1 Å². The van der Waals surface area contributed by atoms with Crippen LogP contribution in [-0.4, -0.2) is 42.4 Å². The van der Waals surface area contributed by atoms with E-state index in [1.807, 2.05) is 32.0 Å². The molecule has 0 spiro atoms. The van der Waals surface area contributed by atoms with E-state index < -0.39 is 6.10 Å². The van der Waals surface area contributed by atoms with Crippen molar-refractivity contribution in [1.29, 1.82) is 0 Å². The fraction of sp³-hybridized carbons (Fsp3) is 0.400. The lowest BCUT2D eigenvalue weighted by Gasteiger charge is -2.28. The van der Waals surface area contributed by atoms with Crippen molar-refractivity contribution < 1.29 is 19.0 Å². The van der Waals surface area contributed by atoms with Crippen LogP contribution in [0, 0.1) is 13.8 Å². The molecule has 6 heteroatoms. The van der Waals surface area contributed by atoms with E-state index >= 15 is 0 Å². The van der Waals surface area contributed by atoms with E-state index in [1.165, 1.54) is 25.5 Å². The summed E-state index contributed by atoms with van der Waals surface area (Å²) in [6.07, 6.45) is 4.41. The average molecular weight is 424 g/mol. The van der Waals surface area contributed by atoms with Gasteiger partial charge in [-0.25, -0.2) is 0 Å². The molecule has 1 fully saturated rings. The summed E-state index contributed by atoms with van der Waals surface area (Å²) >= 11 is 0. The second kappa shape index (κ2) is 9.54. The molecule has 0 amide bonds. The number of rotatable bonds is 7. The maximum atomic E-state index is 12.8. The van der Waals surface area contributed by atoms with Gasteiger partial charge < -0.3 is 23.9 Å². The van der Waals surface area contributed by atoms with Gasteiger partial charge >= 0.3 is 0 Å². The number of piperidine rings is 1. The Balaban J connectivity index is 1.43. The minimum Gasteiger partial charge on any atom is -0.491 e. The maximum Gasteiger partial charge on any atom is 0.235 e. The summed E-state index contributed by atoms with van der Waals surface area (Å²) in [5, 5.41) is 10.7. The molecule has 3 aromatic rings. The normalized spacial score (nSPS) is 15.7. The smallest absolute Gasteiger partial charge is 0.235 e. The summed E-state index contributed by atoms with van der Waals surface area (Å²) in [6.45, 7) is 6.83. The van der Waals surface area contributed by atoms with Crippen LogP contribution in [0.25, 0.3) is 11.0 Å². The standard InChI is InChI=1S/C25H29NO5/c1-17-10-18(2)12-21(11-17)31-24-16-30-23-13-20(6-7-22(23)25(24)28)29-15-19(27)14-26-8-4-3-5-9-26/h6-7,10-13,16,19,27H,3-5,8-9,14-15H2,1-2H3. The van der Waals surface area contributed by atoms with Crippen LogP contribution in [-0.2, 0) is 0 Å². The van der Waals surface area contributed by atoms with Gasteiger partial charge in [-0.1, -0.05) is 12.5 Å². The first-order valence-corrected chi connectivity index (χ1v) is 10.8. The van der Waals surface area contributed by atoms with Crippen molar-refractivity contribution in [3.63, 3.8) is 0 Å². The Morgan fingerprint density at radius 3 is 2.52 bits per heavy atom. The van der Waals surface area contributed by atoms with Gasteiger partial charge in [0.25, 0.3) is 0 Å². The summed E-state index contributed by atoms with van der Waals surface area (Å²) in [6, 6.07) is 10.9. The number of aliphatic hydroxyl groups is 1. The summed E-state index contributed by atoms with van der Waals surface area (Å²) < 4.78 is 17.2. The maximum absolute atomic E-state index is 12.8. The van der Waals surface area contributed by atoms with Crippen molar-refractivity contribution in [2.75, 3.05) is 26.2 Å². The predicted octanol–water partition coefficient (Wildman–Crippen LogP) is 4.43. The van der Waals surface area contributed by atoms with Crippen LogP contribution in [0.15, 0.2) is 51.9 Å². The van der Waals surface area contributed by atoms with E-state index in [0.717, 1.165) is 24.2 Å². The van der Waals surface area contributed by atoms with Gasteiger partial charge in [0, 0.05) is 12.6 Å². The average Bonchev–Trinajstić information content (AvgIpc) is 2.74. The van der Waals surface area contributed by atoms with Crippen LogP contribution in [0.5, 0.6) is 17.2 Å². The van der Waals surface area contributed by atoms with Gasteiger partial charge in [0.15, 0.2) is 0 Å². The summed E-state index contributed by atoms with van der Waals surface area (Å²) in [5.41, 5.74) is 2.30. The third kappa shape index (κ3) is 5.46. The fourth-order valence-electron chi connectivity index (χ4n) is 4.06. The molecule has 164 valence electrons. The predicted molar refractivity (Wildman–Crippen MR) is 120 cm³/mol. The zero-order valence-electron chi connectivity index (χ0n) is 18.1. The first-order chi connectivity index (χ1) is 15.0. The van der Waals surface area contributed by atoms with E-state index in [-0.39, 0.29) is 17.8 Å². The number of hydrogen-bond donors (Lipinski definition) is 1. The van der Waals surface area contributed by atoms with Crippen LogP contribution in [0.1, 0.15) is 30.4 Å². The monoisotopic (exact) mass is 423 g/mol. The van der Waals surface area contributed by atoms with Gasteiger partial charge in [0.05, 0.1) is 5.39 Å². The van der Waals surface area contributed by atoms with Crippen molar-refractivity contribution in [2.24, 2.45) is 0 Å². The number of fused-ring (bicyclic) bond motifs is 1. The molecule has 2 heterocycles. The number of ether oxygens (including phenoxy) is 2. The third-order valence-electron chi connectivity index (χ3n) is 5.50. The Hall–Kier alpha value is -2.83. The molecule has 31 heavy (non-hydrogen) atoms. The molecule has 0 radical (unpaired) electrons. The van der Waals surface area contributed by atoms with Gasteiger partial charge in [-0.05, 0) is 75.2 Å². The highest BCUT2D eigenvalue weighted by molar-refractivity contribution is 5.79. The number of likely N-dealkylation sites (tertiary alicyclic amines) is 1. The SMILES string of the molecule is Cc1cc(C)cc(Oc2coc3cc(OCC(O)CN4CCCCC4)ccc3c2=O)c1. The molecule has 1 unspecified atom stereocenters. The summed E-state index contributed by atoms with van der Waals surface area (Å²) in [7, 11) is 0. The second-order valence-corrected chi connectivity index (χ2v) is 8.34. The van der Waals surface area contributed by atoms with Crippen LogP contribution >= 0.6 is 0 Å². The number of β-amino-alcohol motifs (C(OH)–C–C–N with tert-alkyl or cyclic N) is 1. The molecule has 0 aliphatic carbocycles. The molecule has 0 bridgehead atoms. The van der Waals surface area contributed by atoms with E-state index in [2.05, 4.69) is 4.90 Å². The van der Waals surface area contributed by atoms with Gasteiger partial charge in [0.1, 0.15) is 36.1 Å². The van der Waals surface area contributed by atoms with Gasteiger partial charge in [-0.2, -0.15) is 0 Å². The van der Waals surface area contributed by atoms with Gasteiger partial charge in [0.2, 0.25) is 11.2 Å². The molecule has 1 saturated heterocycles. The highest BCUT2D eigenvalue weighted by Gasteiger charge is 2.16. The molecule has 6 nitrogen and oxygen atoms in total. The zero-order valence-corrected chi connectivity index (χ0v) is 18.1. The van der Waals surface area contributed by atoms with Crippen LogP contribution in [0.2, 0.25) is 0 Å². The molecule has 0 saturated carbocycles. The van der Waals surface area contributed by atoms with Crippen molar-refractivity contribution >= 4 is 11.0 Å². The van der Waals surface area contributed by atoms with E-state index in [0.29, 0.717) is 29.0 Å². The van der Waals surface area contributed by atoms with Crippen LogP contribution < -0.4 is 14.9 Å². The van der Waals surface area contributed by atoms with E-state index in [9.17, 15) is 9.90 Å². The Morgan fingerprint density at radius 2 is 1.77 bits per heavy atom. The molecule has 1 atom stereocenters.